The van der Waals surface area contributed by atoms with Crippen LogP contribution in [0.25, 0.3) is 11.5 Å². The Balaban J connectivity index is 2.54. The lowest BCUT2D eigenvalue weighted by Gasteiger charge is -2.06. The molecule has 0 fully saturated rings. The van der Waals surface area contributed by atoms with Crippen molar-refractivity contribution < 1.29 is 9.90 Å². The molecule has 0 amide bonds. The fourth-order valence-corrected chi connectivity index (χ4v) is 1.67. The van der Waals surface area contributed by atoms with Crippen molar-refractivity contribution >= 4 is 5.97 Å². The second-order valence-corrected chi connectivity index (χ2v) is 3.80. The van der Waals surface area contributed by atoms with Crippen LogP contribution in [0.4, 0.5) is 0 Å². The van der Waals surface area contributed by atoms with Gasteiger partial charge in [0.25, 0.3) is 0 Å². The Hall–Kier alpha value is -2.17. The van der Waals surface area contributed by atoms with Crippen molar-refractivity contribution in [2.24, 2.45) is 0 Å². The monoisotopic (exact) mass is 231 g/mol. The third-order valence-electron chi connectivity index (χ3n) is 2.65. The number of aliphatic carboxylic acids is 1. The molecule has 0 radical (unpaired) electrons. The van der Waals surface area contributed by atoms with E-state index in [1.54, 1.807) is 10.8 Å². The standard InChI is InChI=1S/C12H13N3O2/c1-8-9(2)15(7-11(16)17)12(14-8)10-5-3-4-6-13-10/h3-6H,7H2,1-2H3,(H,16,17). The highest BCUT2D eigenvalue weighted by Gasteiger charge is 2.15. The topological polar surface area (TPSA) is 68.0 Å². The van der Waals surface area contributed by atoms with E-state index in [0.717, 1.165) is 11.4 Å². The van der Waals surface area contributed by atoms with Crippen molar-refractivity contribution in [3.05, 3.63) is 35.8 Å². The maximum atomic E-state index is 10.8. The number of aryl methyl sites for hydroxylation is 1. The van der Waals surface area contributed by atoms with Crippen LogP contribution in [0.1, 0.15) is 11.4 Å². The first-order valence-corrected chi connectivity index (χ1v) is 5.26. The number of hydrogen-bond acceptors (Lipinski definition) is 3. The van der Waals surface area contributed by atoms with Crippen molar-refractivity contribution in [3.8, 4) is 11.5 Å². The molecule has 2 rings (SSSR count). The lowest BCUT2D eigenvalue weighted by Crippen LogP contribution is -2.11. The average molecular weight is 231 g/mol. The average Bonchev–Trinajstić information content (AvgIpc) is 2.58. The summed E-state index contributed by atoms with van der Waals surface area (Å²) in [5, 5.41) is 8.90. The number of pyridine rings is 1. The van der Waals surface area contributed by atoms with Gasteiger partial charge in [0, 0.05) is 11.9 Å². The van der Waals surface area contributed by atoms with E-state index >= 15 is 0 Å². The third-order valence-corrected chi connectivity index (χ3v) is 2.65. The molecule has 0 saturated carbocycles. The van der Waals surface area contributed by atoms with Crippen molar-refractivity contribution in [2.45, 2.75) is 20.4 Å². The zero-order valence-electron chi connectivity index (χ0n) is 9.71. The Morgan fingerprint density at radius 1 is 1.41 bits per heavy atom. The molecule has 5 nitrogen and oxygen atoms in total. The van der Waals surface area contributed by atoms with Crippen LogP contribution in [0, 0.1) is 13.8 Å². The zero-order valence-corrected chi connectivity index (χ0v) is 9.71. The molecule has 2 heterocycles. The number of carbonyl (C=O) groups is 1. The quantitative estimate of drug-likeness (QED) is 0.872. The van der Waals surface area contributed by atoms with Crippen molar-refractivity contribution in [2.75, 3.05) is 0 Å². The summed E-state index contributed by atoms with van der Waals surface area (Å²) in [5.41, 5.74) is 2.37. The first kappa shape index (κ1) is 11.3. The zero-order chi connectivity index (χ0) is 12.4. The van der Waals surface area contributed by atoms with Crippen LogP contribution in [0.2, 0.25) is 0 Å². The predicted molar refractivity (Wildman–Crippen MR) is 62.6 cm³/mol. The van der Waals surface area contributed by atoms with Crippen LogP contribution in [-0.2, 0) is 11.3 Å². The second kappa shape index (κ2) is 4.37. The number of nitrogens with zero attached hydrogens (tertiary/aromatic N) is 3. The summed E-state index contributed by atoms with van der Waals surface area (Å²) in [7, 11) is 0. The SMILES string of the molecule is Cc1nc(-c2ccccn2)n(CC(=O)O)c1C. The Morgan fingerprint density at radius 2 is 2.18 bits per heavy atom. The van der Waals surface area contributed by atoms with Crippen molar-refractivity contribution in [1.82, 2.24) is 14.5 Å². The maximum absolute atomic E-state index is 10.8. The van der Waals surface area contributed by atoms with Gasteiger partial charge in [0.1, 0.15) is 12.2 Å². The van der Waals surface area contributed by atoms with Gasteiger partial charge in [-0.05, 0) is 26.0 Å². The summed E-state index contributed by atoms with van der Waals surface area (Å²) in [6.07, 6.45) is 1.67. The van der Waals surface area contributed by atoms with Crippen molar-refractivity contribution in [1.29, 1.82) is 0 Å². The Morgan fingerprint density at radius 3 is 2.76 bits per heavy atom. The van der Waals surface area contributed by atoms with E-state index in [9.17, 15) is 4.79 Å². The highest BCUT2D eigenvalue weighted by molar-refractivity contribution is 5.68. The minimum Gasteiger partial charge on any atom is -0.480 e. The predicted octanol–water partition coefficient (Wildman–Crippen LogP) is 1.65. The van der Waals surface area contributed by atoms with Crippen LogP contribution >= 0.6 is 0 Å². The lowest BCUT2D eigenvalue weighted by molar-refractivity contribution is -0.137. The van der Waals surface area contributed by atoms with Gasteiger partial charge in [-0.3, -0.25) is 9.78 Å². The van der Waals surface area contributed by atoms with Gasteiger partial charge in [-0.15, -0.1) is 0 Å². The minimum atomic E-state index is -0.886. The molecule has 0 unspecified atom stereocenters. The highest BCUT2D eigenvalue weighted by atomic mass is 16.4. The van der Waals surface area contributed by atoms with Crippen LogP contribution in [0.5, 0.6) is 0 Å². The Bertz CT molecular complexity index is 546. The normalized spacial score (nSPS) is 10.5. The summed E-state index contributed by atoms with van der Waals surface area (Å²) in [4.78, 5) is 19.4. The van der Waals surface area contributed by atoms with E-state index in [-0.39, 0.29) is 6.54 Å². The van der Waals surface area contributed by atoms with Crippen LogP contribution in [0.3, 0.4) is 0 Å². The minimum absolute atomic E-state index is 0.0986. The van der Waals surface area contributed by atoms with Gasteiger partial charge >= 0.3 is 5.97 Å². The number of imidazole rings is 1. The summed E-state index contributed by atoms with van der Waals surface area (Å²) < 4.78 is 1.67. The van der Waals surface area contributed by atoms with E-state index < -0.39 is 5.97 Å². The van der Waals surface area contributed by atoms with Gasteiger partial charge in [0.15, 0.2) is 5.82 Å². The largest absolute Gasteiger partial charge is 0.480 e. The van der Waals surface area contributed by atoms with Crippen LogP contribution in [0.15, 0.2) is 24.4 Å². The van der Waals surface area contributed by atoms with Crippen LogP contribution in [-0.4, -0.2) is 25.6 Å². The Labute approximate surface area is 98.8 Å². The molecule has 0 aliphatic rings. The molecule has 0 aliphatic carbocycles. The van der Waals surface area contributed by atoms with Gasteiger partial charge in [0.05, 0.1) is 5.69 Å². The molecule has 0 aliphatic heterocycles. The molecular weight excluding hydrogens is 218 g/mol. The van der Waals surface area contributed by atoms with E-state index in [1.807, 2.05) is 32.0 Å². The highest BCUT2D eigenvalue weighted by Crippen LogP contribution is 2.19. The fraction of sp³-hybridized carbons (Fsp3) is 0.250. The number of carboxylic acid groups (broad SMARTS) is 1. The number of rotatable bonds is 3. The summed E-state index contributed by atoms with van der Waals surface area (Å²) in [5.74, 6) is -0.286. The van der Waals surface area contributed by atoms with E-state index in [2.05, 4.69) is 9.97 Å². The lowest BCUT2D eigenvalue weighted by atomic mass is 10.3. The Kier molecular flexibility index (Phi) is 2.91. The molecule has 2 aromatic heterocycles. The fourth-order valence-electron chi connectivity index (χ4n) is 1.67. The maximum Gasteiger partial charge on any atom is 0.323 e. The van der Waals surface area contributed by atoms with Gasteiger partial charge < -0.3 is 9.67 Å². The molecular formula is C12H13N3O2. The molecule has 88 valence electrons. The van der Waals surface area contributed by atoms with Crippen LogP contribution < -0.4 is 0 Å². The molecule has 0 spiro atoms. The van der Waals surface area contributed by atoms with Gasteiger partial charge in [-0.2, -0.15) is 0 Å². The summed E-state index contributed by atoms with van der Waals surface area (Å²) in [6.45, 7) is 3.62. The first-order valence-electron chi connectivity index (χ1n) is 5.26. The number of carboxylic acids is 1. The number of hydrogen-bond donors (Lipinski definition) is 1. The number of aromatic nitrogens is 3. The van der Waals surface area contributed by atoms with E-state index in [1.165, 1.54) is 0 Å². The van der Waals surface area contributed by atoms with Gasteiger partial charge in [-0.25, -0.2) is 4.98 Å². The molecule has 0 saturated heterocycles. The summed E-state index contributed by atoms with van der Waals surface area (Å²) >= 11 is 0. The summed E-state index contributed by atoms with van der Waals surface area (Å²) in [6, 6.07) is 5.49. The molecule has 2 aromatic rings. The molecule has 1 N–H and O–H groups in total. The van der Waals surface area contributed by atoms with Crippen molar-refractivity contribution in [3.63, 3.8) is 0 Å². The van der Waals surface area contributed by atoms with E-state index in [4.69, 9.17) is 5.11 Å². The molecule has 5 heteroatoms. The molecule has 17 heavy (non-hydrogen) atoms. The van der Waals surface area contributed by atoms with E-state index in [0.29, 0.717) is 11.5 Å². The molecule has 0 bridgehead atoms. The second-order valence-electron chi connectivity index (χ2n) is 3.80. The molecule has 0 aromatic carbocycles. The first-order chi connectivity index (χ1) is 8.09. The smallest absolute Gasteiger partial charge is 0.323 e. The third kappa shape index (κ3) is 2.18. The van der Waals surface area contributed by atoms with Gasteiger partial charge in [-0.1, -0.05) is 6.07 Å². The van der Waals surface area contributed by atoms with Gasteiger partial charge in [0.2, 0.25) is 0 Å². The molecule has 0 atom stereocenters.